The maximum absolute atomic E-state index is 9.98. The van der Waals surface area contributed by atoms with E-state index in [2.05, 4.69) is 10.1 Å². The van der Waals surface area contributed by atoms with Crippen LogP contribution in [0.25, 0.3) is 11.0 Å². The molecule has 0 amide bonds. The van der Waals surface area contributed by atoms with Gasteiger partial charge in [-0.3, -0.25) is 0 Å². The van der Waals surface area contributed by atoms with Gasteiger partial charge in [0, 0.05) is 10.9 Å². The zero-order chi connectivity index (χ0) is 9.97. The van der Waals surface area contributed by atoms with Crippen LogP contribution in [0, 0.1) is 6.92 Å². The van der Waals surface area contributed by atoms with Crippen molar-refractivity contribution in [2.45, 2.75) is 13.5 Å². The fourth-order valence-electron chi connectivity index (χ4n) is 1.38. The summed E-state index contributed by atoms with van der Waals surface area (Å²) in [7, 11) is 0. The Balaban J connectivity index is 2.59. The molecule has 0 radical (unpaired) electrons. The lowest BCUT2D eigenvalue weighted by Gasteiger charge is -1.94. The lowest BCUT2D eigenvalue weighted by molar-refractivity contribution is 0.448. The Kier molecular flexibility index (Phi) is 2.13. The van der Waals surface area contributed by atoms with Crippen LogP contribution in [-0.2, 0) is 11.3 Å². The molecule has 0 unspecified atom stereocenters. The molecule has 0 aliphatic heterocycles. The third-order valence-electron chi connectivity index (χ3n) is 2.07. The molecule has 2 aromatic rings. The second-order valence-corrected chi connectivity index (χ2v) is 2.97. The maximum Gasteiger partial charge on any atom is 0.235 e. The number of aryl methyl sites for hydroxylation is 1. The van der Waals surface area contributed by atoms with E-state index in [4.69, 9.17) is 4.52 Å². The third-order valence-corrected chi connectivity index (χ3v) is 2.07. The quantitative estimate of drug-likeness (QED) is 0.534. The molecule has 0 N–H and O–H groups in total. The average Bonchev–Trinajstić information content (AvgIpc) is 2.58. The van der Waals surface area contributed by atoms with E-state index in [0.717, 1.165) is 16.6 Å². The smallest absolute Gasteiger partial charge is 0.235 e. The minimum absolute atomic E-state index is 0.287. The number of rotatable bonds is 2. The Morgan fingerprint density at radius 1 is 1.57 bits per heavy atom. The Morgan fingerprint density at radius 3 is 3.21 bits per heavy atom. The van der Waals surface area contributed by atoms with E-state index in [1.165, 1.54) is 6.08 Å². The number of aromatic nitrogens is 1. The van der Waals surface area contributed by atoms with E-state index in [9.17, 15) is 4.79 Å². The van der Waals surface area contributed by atoms with Crippen LogP contribution in [0.3, 0.4) is 0 Å². The van der Waals surface area contributed by atoms with Gasteiger partial charge in [-0.05, 0) is 13.0 Å². The molecule has 0 aliphatic rings. The summed E-state index contributed by atoms with van der Waals surface area (Å²) in [5.74, 6) is 0. The number of benzene rings is 1. The highest BCUT2D eigenvalue weighted by atomic mass is 16.5. The minimum Gasteiger partial charge on any atom is -0.356 e. The van der Waals surface area contributed by atoms with E-state index in [1.54, 1.807) is 0 Å². The van der Waals surface area contributed by atoms with Crippen molar-refractivity contribution in [3.8, 4) is 0 Å². The molecule has 70 valence electrons. The van der Waals surface area contributed by atoms with Crippen LogP contribution in [0.2, 0.25) is 0 Å². The molecule has 0 spiro atoms. The second kappa shape index (κ2) is 3.44. The molecule has 0 saturated heterocycles. The average molecular weight is 188 g/mol. The van der Waals surface area contributed by atoms with Gasteiger partial charge in [-0.15, -0.1) is 0 Å². The highest BCUT2D eigenvalue weighted by Crippen LogP contribution is 2.21. The summed E-state index contributed by atoms with van der Waals surface area (Å²) in [6.45, 7) is 2.16. The van der Waals surface area contributed by atoms with E-state index in [0.29, 0.717) is 5.58 Å². The van der Waals surface area contributed by atoms with Crippen molar-refractivity contribution in [3.05, 3.63) is 29.5 Å². The van der Waals surface area contributed by atoms with Crippen molar-refractivity contribution < 1.29 is 9.32 Å². The second-order valence-electron chi connectivity index (χ2n) is 2.97. The first-order valence-electron chi connectivity index (χ1n) is 4.20. The van der Waals surface area contributed by atoms with E-state index < -0.39 is 0 Å². The molecule has 1 aromatic carbocycles. The molecular formula is C10H8N2O2. The monoisotopic (exact) mass is 188 g/mol. The van der Waals surface area contributed by atoms with E-state index >= 15 is 0 Å². The van der Waals surface area contributed by atoms with Gasteiger partial charge >= 0.3 is 0 Å². The Bertz CT molecular complexity index is 510. The number of carbonyl (C=O) groups excluding carboxylic acids is 1. The molecule has 14 heavy (non-hydrogen) atoms. The third kappa shape index (κ3) is 1.32. The number of fused-ring (bicyclic) bond motifs is 1. The van der Waals surface area contributed by atoms with E-state index in [1.807, 2.05) is 25.1 Å². The van der Waals surface area contributed by atoms with Crippen molar-refractivity contribution in [2.24, 2.45) is 4.99 Å². The molecule has 4 nitrogen and oxygen atoms in total. The summed E-state index contributed by atoms with van der Waals surface area (Å²) in [6, 6.07) is 5.67. The van der Waals surface area contributed by atoms with Crippen molar-refractivity contribution >= 4 is 17.0 Å². The number of nitrogens with zero attached hydrogens (tertiary/aromatic N) is 2. The molecule has 1 aromatic heterocycles. The van der Waals surface area contributed by atoms with Gasteiger partial charge in [0.1, 0.15) is 0 Å². The van der Waals surface area contributed by atoms with Crippen LogP contribution in [0.5, 0.6) is 0 Å². The predicted molar refractivity (Wildman–Crippen MR) is 50.6 cm³/mol. The normalized spacial score (nSPS) is 10.1. The number of aliphatic imine (C=N–C) groups is 1. The lowest BCUT2D eigenvalue weighted by atomic mass is 10.1. The number of para-hydroxylation sites is 1. The van der Waals surface area contributed by atoms with E-state index in [-0.39, 0.29) is 6.54 Å². The topological polar surface area (TPSA) is 55.5 Å². The molecule has 1 heterocycles. The maximum atomic E-state index is 9.98. The van der Waals surface area contributed by atoms with Gasteiger partial charge < -0.3 is 4.52 Å². The Morgan fingerprint density at radius 2 is 2.43 bits per heavy atom. The number of isocyanates is 1. The molecule has 0 aliphatic carbocycles. The van der Waals surface area contributed by atoms with Crippen molar-refractivity contribution in [1.82, 2.24) is 5.16 Å². The highest BCUT2D eigenvalue weighted by molar-refractivity contribution is 5.82. The predicted octanol–water partition coefficient (Wildman–Crippen LogP) is 1.97. The van der Waals surface area contributed by atoms with Gasteiger partial charge in [0.05, 0.1) is 12.2 Å². The molecule has 0 bridgehead atoms. The van der Waals surface area contributed by atoms with Gasteiger partial charge in [-0.25, -0.2) is 9.79 Å². The van der Waals surface area contributed by atoms with Crippen LogP contribution in [0.4, 0.5) is 0 Å². The SMILES string of the molecule is Cc1noc2c(CN=C=O)cccc12. The lowest BCUT2D eigenvalue weighted by Crippen LogP contribution is -1.81. The Labute approximate surface area is 80.2 Å². The highest BCUT2D eigenvalue weighted by Gasteiger charge is 2.07. The van der Waals surface area contributed by atoms with Crippen molar-refractivity contribution in [3.63, 3.8) is 0 Å². The number of hydrogen-bond acceptors (Lipinski definition) is 4. The zero-order valence-corrected chi connectivity index (χ0v) is 7.65. The molecule has 0 atom stereocenters. The number of hydrogen-bond donors (Lipinski definition) is 0. The van der Waals surface area contributed by atoms with Crippen LogP contribution in [-0.4, -0.2) is 11.2 Å². The standard InChI is InChI=1S/C10H8N2O2/c1-7-9-4-2-3-8(5-11-6-13)10(9)14-12-7/h2-4H,5H2,1H3. The first-order chi connectivity index (χ1) is 6.83. The fraction of sp³-hybridized carbons (Fsp3) is 0.200. The Hall–Kier alpha value is -1.93. The summed E-state index contributed by atoms with van der Waals surface area (Å²) < 4.78 is 5.14. The van der Waals surface area contributed by atoms with Crippen LogP contribution < -0.4 is 0 Å². The van der Waals surface area contributed by atoms with Gasteiger partial charge in [-0.2, -0.15) is 0 Å². The van der Waals surface area contributed by atoms with Gasteiger partial charge in [-0.1, -0.05) is 17.3 Å². The largest absolute Gasteiger partial charge is 0.356 e. The summed E-state index contributed by atoms with van der Waals surface area (Å²) in [5, 5.41) is 4.81. The molecule has 4 heteroatoms. The van der Waals surface area contributed by atoms with Crippen LogP contribution >= 0.6 is 0 Å². The summed E-state index contributed by atoms with van der Waals surface area (Å²) in [4.78, 5) is 13.5. The molecule has 0 fully saturated rings. The van der Waals surface area contributed by atoms with Crippen molar-refractivity contribution in [2.75, 3.05) is 0 Å². The summed E-state index contributed by atoms with van der Waals surface area (Å²) in [5.41, 5.74) is 2.40. The minimum atomic E-state index is 0.287. The zero-order valence-electron chi connectivity index (χ0n) is 7.65. The fourth-order valence-corrected chi connectivity index (χ4v) is 1.38. The van der Waals surface area contributed by atoms with Gasteiger partial charge in [0.15, 0.2) is 5.58 Å². The van der Waals surface area contributed by atoms with Crippen molar-refractivity contribution in [1.29, 1.82) is 0 Å². The first-order valence-corrected chi connectivity index (χ1v) is 4.20. The molecule has 2 rings (SSSR count). The first kappa shape index (κ1) is 8.66. The molecule has 0 saturated carbocycles. The summed E-state index contributed by atoms with van der Waals surface area (Å²) >= 11 is 0. The van der Waals surface area contributed by atoms with Crippen LogP contribution in [0.1, 0.15) is 11.3 Å². The molecular weight excluding hydrogens is 180 g/mol. The van der Waals surface area contributed by atoms with Crippen LogP contribution in [0.15, 0.2) is 27.7 Å². The van der Waals surface area contributed by atoms with Gasteiger partial charge in [0.2, 0.25) is 6.08 Å². The van der Waals surface area contributed by atoms with Gasteiger partial charge in [0.25, 0.3) is 0 Å². The summed E-state index contributed by atoms with van der Waals surface area (Å²) in [6.07, 6.45) is 1.50.